The Bertz CT molecular complexity index is 1090. The van der Waals surface area contributed by atoms with Crippen LogP contribution >= 0.6 is 0 Å². The van der Waals surface area contributed by atoms with E-state index >= 15 is 0 Å². The van der Waals surface area contributed by atoms with E-state index in [4.69, 9.17) is 6.42 Å². The first kappa shape index (κ1) is 21.0. The first-order chi connectivity index (χ1) is 15.0. The highest BCUT2D eigenvalue weighted by Crippen LogP contribution is 2.27. The average Bonchev–Trinajstić information content (AvgIpc) is 3.12. The molecule has 3 aromatic rings. The summed E-state index contributed by atoms with van der Waals surface area (Å²) in [5.41, 5.74) is 3.50. The summed E-state index contributed by atoms with van der Waals surface area (Å²) in [6.45, 7) is 4.89. The number of amides is 1. The van der Waals surface area contributed by atoms with Gasteiger partial charge in [-0.1, -0.05) is 36.3 Å². The lowest BCUT2D eigenvalue weighted by Gasteiger charge is -2.34. The van der Waals surface area contributed by atoms with Gasteiger partial charge in [-0.2, -0.15) is 0 Å². The smallest absolute Gasteiger partial charge is 0.254 e. The Morgan fingerprint density at radius 3 is 2.71 bits per heavy atom. The molecule has 1 aromatic heterocycles. The second-order valence-corrected chi connectivity index (χ2v) is 8.39. The van der Waals surface area contributed by atoms with Crippen LogP contribution in [0, 0.1) is 25.2 Å². The SMILES string of the molecule is C#CC(NC(=O)c1c(C)[nH]c2ccc(O)cc12)C1CCN(CCc2ccccc2)CC1. The van der Waals surface area contributed by atoms with Crippen molar-refractivity contribution in [2.45, 2.75) is 32.2 Å². The molecule has 0 bridgehead atoms. The van der Waals surface area contributed by atoms with E-state index in [1.807, 2.05) is 13.0 Å². The van der Waals surface area contributed by atoms with Gasteiger partial charge in [0, 0.05) is 23.1 Å². The summed E-state index contributed by atoms with van der Waals surface area (Å²) in [6, 6.07) is 15.2. The minimum Gasteiger partial charge on any atom is -0.508 e. The summed E-state index contributed by atoms with van der Waals surface area (Å²) in [5.74, 6) is 3.02. The molecule has 2 heterocycles. The fourth-order valence-corrected chi connectivity index (χ4v) is 4.56. The van der Waals surface area contributed by atoms with Crippen LogP contribution in [0.15, 0.2) is 48.5 Å². The van der Waals surface area contributed by atoms with Crippen molar-refractivity contribution in [3.8, 4) is 18.1 Å². The van der Waals surface area contributed by atoms with Gasteiger partial charge in [0.25, 0.3) is 5.91 Å². The Hall–Kier alpha value is -3.23. The fourth-order valence-electron chi connectivity index (χ4n) is 4.56. The van der Waals surface area contributed by atoms with E-state index in [-0.39, 0.29) is 23.6 Å². The number of terminal acetylenes is 1. The van der Waals surface area contributed by atoms with Crippen LogP contribution in [0.4, 0.5) is 0 Å². The van der Waals surface area contributed by atoms with Crippen LogP contribution in [0.2, 0.25) is 0 Å². The molecule has 0 aliphatic carbocycles. The number of aryl methyl sites for hydroxylation is 1. The fraction of sp³-hybridized carbons (Fsp3) is 0.346. The van der Waals surface area contributed by atoms with Crippen LogP contribution in [0.25, 0.3) is 10.9 Å². The third kappa shape index (κ3) is 4.76. The average molecular weight is 416 g/mol. The van der Waals surface area contributed by atoms with Crippen LogP contribution in [0.3, 0.4) is 0 Å². The molecular weight excluding hydrogens is 386 g/mol. The number of nitrogens with one attached hydrogen (secondary N) is 2. The van der Waals surface area contributed by atoms with Gasteiger partial charge in [-0.25, -0.2) is 0 Å². The highest BCUT2D eigenvalue weighted by molar-refractivity contribution is 6.08. The lowest BCUT2D eigenvalue weighted by Crippen LogP contribution is -2.45. The summed E-state index contributed by atoms with van der Waals surface area (Å²) < 4.78 is 0. The molecule has 3 N–H and O–H groups in total. The van der Waals surface area contributed by atoms with Crippen molar-refractivity contribution in [2.24, 2.45) is 5.92 Å². The highest BCUT2D eigenvalue weighted by Gasteiger charge is 2.28. The number of likely N-dealkylation sites (tertiary alicyclic amines) is 1. The topological polar surface area (TPSA) is 68.4 Å². The zero-order chi connectivity index (χ0) is 21.8. The van der Waals surface area contributed by atoms with Gasteiger partial charge >= 0.3 is 0 Å². The number of carbonyl (C=O) groups excluding carboxylic acids is 1. The summed E-state index contributed by atoms with van der Waals surface area (Å²) >= 11 is 0. The number of piperidine rings is 1. The second-order valence-electron chi connectivity index (χ2n) is 8.39. The number of phenolic OH excluding ortho intramolecular Hbond substituents is 1. The Balaban J connectivity index is 1.36. The highest BCUT2D eigenvalue weighted by atomic mass is 16.3. The van der Waals surface area contributed by atoms with Crippen molar-refractivity contribution in [2.75, 3.05) is 19.6 Å². The molecule has 4 rings (SSSR count). The molecule has 1 fully saturated rings. The van der Waals surface area contributed by atoms with Gasteiger partial charge in [0.1, 0.15) is 5.75 Å². The second kappa shape index (κ2) is 9.28. The first-order valence-electron chi connectivity index (χ1n) is 10.9. The maximum Gasteiger partial charge on any atom is 0.254 e. The van der Waals surface area contributed by atoms with Crippen LogP contribution in [0.5, 0.6) is 5.75 Å². The number of fused-ring (bicyclic) bond motifs is 1. The van der Waals surface area contributed by atoms with E-state index in [2.05, 4.69) is 45.4 Å². The number of aromatic hydroxyl groups is 1. The first-order valence-corrected chi connectivity index (χ1v) is 10.9. The quantitative estimate of drug-likeness (QED) is 0.536. The number of hydrogen-bond acceptors (Lipinski definition) is 3. The number of phenols is 1. The Morgan fingerprint density at radius 1 is 1.26 bits per heavy atom. The number of rotatable bonds is 6. The predicted molar refractivity (Wildman–Crippen MR) is 124 cm³/mol. The van der Waals surface area contributed by atoms with Gasteiger partial charge in [-0.3, -0.25) is 4.79 Å². The minimum atomic E-state index is -0.301. The van der Waals surface area contributed by atoms with E-state index in [0.717, 1.165) is 50.1 Å². The molecule has 31 heavy (non-hydrogen) atoms. The van der Waals surface area contributed by atoms with Crippen LogP contribution < -0.4 is 5.32 Å². The predicted octanol–water partition coefficient (Wildman–Crippen LogP) is 3.87. The normalized spacial score (nSPS) is 16.1. The lowest BCUT2D eigenvalue weighted by atomic mass is 9.89. The lowest BCUT2D eigenvalue weighted by molar-refractivity contribution is 0.0918. The van der Waals surface area contributed by atoms with Gasteiger partial charge < -0.3 is 20.3 Å². The standard InChI is InChI=1S/C26H29N3O2/c1-3-23(20-12-15-29(16-13-20)14-11-19-7-5-4-6-8-19)28-26(31)25-18(2)27-24-10-9-21(30)17-22(24)25/h1,4-10,17,20,23,27,30H,11-16H2,2H3,(H,28,31). The summed E-state index contributed by atoms with van der Waals surface area (Å²) in [7, 11) is 0. The molecule has 1 aliphatic heterocycles. The number of H-pyrrole nitrogens is 1. The Morgan fingerprint density at radius 2 is 2.00 bits per heavy atom. The maximum atomic E-state index is 13.1. The summed E-state index contributed by atoms with van der Waals surface area (Å²) in [6.07, 6.45) is 8.81. The number of benzene rings is 2. The van der Waals surface area contributed by atoms with E-state index in [9.17, 15) is 9.90 Å². The van der Waals surface area contributed by atoms with Gasteiger partial charge in [-0.15, -0.1) is 6.42 Å². The van der Waals surface area contributed by atoms with E-state index < -0.39 is 0 Å². The molecule has 1 saturated heterocycles. The molecule has 0 saturated carbocycles. The number of carbonyl (C=O) groups is 1. The third-order valence-electron chi connectivity index (χ3n) is 6.33. The van der Waals surface area contributed by atoms with Gasteiger partial charge in [0.05, 0.1) is 11.6 Å². The molecule has 0 radical (unpaired) electrons. The van der Waals surface area contributed by atoms with Crippen molar-refractivity contribution in [1.29, 1.82) is 0 Å². The van der Waals surface area contributed by atoms with Crippen molar-refractivity contribution in [3.63, 3.8) is 0 Å². The van der Waals surface area contributed by atoms with E-state index in [1.54, 1.807) is 18.2 Å². The summed E-state index contributed by atoms with van der Waals surface area (Å²) in [5, 5.41) is 13.6. The molecule has 1 atom stereocenters. The number of nitrogens with zero attached hydrogens (tertiary/aromatic N) is 1. The van der Waals surface area contributed by atoms with Crippen LogP contribution in [-0.4, -0.2) is 46.6 Å². The molecule has 0 spiro atoms. The van der Waals surface area contributed by atoms with Crippen molar-refractivity contribution < 1.29 is 9.90 Å². The molecule has 5 nitrogen and oxygen atoms in total. The van der Waals surface area contributed by atoms with E-state index in [0.29, 0.717) is 10.9 Å². The number of hydrogen-bond donors (Lipinski definition) is 3. The van der Waals surface area contributed by atoms with Crippen LogP contribution in [0.1, 0.15) is 34.5 Å². The molecule has 5 heteroatoms. The van der Waals surface area contributed by atoms with Gasteiger partial charge in [0.15, 0.2) is 0 Å². The minimum absolute atomic E-state index is 0.136. The molecular formula is C26H29N3O2. The molecule has 1 amide bonds. The van der Waals surface area contributed by atoms with Crippen molar-refractivity contribution >= 4 is 16.8 Å². The van der Waals surface area contributed by atoms with Gasteiger partial charge in [0.2, 0.25) is 0 Å². The van der Waals surface area contributed by atoms with Gasteiger partial charge in [-0.05, 0) is 69.0 Å². The molecule has 1 unspecified atom stereocenters. The molecule has 2 aromatic carbocycles. The largest absolute Gasteiger partial charge is 0.508 e. The number of aromatic nitrogens is 1. The number of aromatic amines is 1. The summed E-state index contributed by atoms with van der Waals surface area (Å²) in [4.78, 5) is 18.8. The van der Waals surface area contributed by atoms with E-state index in [1.165, 1.54) is 5.56 Å². The maximum absolute atomic E-state index is 13.1. The monoisotopic (exact) mass is 415 g/mol. The van der Waals surface area contributed by atoms with Crippen LogP contribution in [-0.2, 0) is 6.42 Å². The molecule has 160 valence electrons. The Labute approximate surface area is 183 Å². The Kier molecular flexibility index (Phi) is 6.29. The van der Waals surface area contributed by atoms with Crippen molar-refractivity contribution in [1.82, 2.24) is 15.2 Å². The van der Waals surface area contributed by atoms with Crippen molar-refractivity contribution in [3.05, 3.63) is 65.4 Å². The zero-order valence-electron chi connectivity index (χ0n) is 17.9. The molecule has 1 aliphatic rings. The third-order valence-corrected chi connectivity index (χ3v) is 6.33. The zero-order valence-corrected chi connectivity index (χ0v) is 17.9.